The highest BCUT2D eigenvalue weighted by atomic mass is 16.6. The zero-order valence-electron chi connectivity index (χ0n) is 12.0. The molecular formula is C13H15N3O6. The van der Waals surface area contributed by atoms with E-state index in [1.165, 1.54) is 0 Å². The van der Waals surface area contributed by atoms with Crippen LogP contribution in [0.4, 0.5) is 17.1 Å². The van der Waals surface area contributed by atoms with Crippen LogP contribution in [0.1, 0.15) is 29.6 Å². The van der Waals surface area contributed by atoms with Crippen LogP contribution in [0.3, 0.4) is 0 Å². The Labute approximate surface area is 125 Å². The normalized spacial score (nSPS) is 14.5. The number of rotatable bonds is 4. The van der Waals surface area contributed by atoms with E-state index < -0.39 is 27.2 Å². The van der Waals surface area contributed by atoms with Crippen LogP contribution in [-0.4, -0.2) is 36.0 Å². The molecule has 9 heteroatoms. The highest BCUT2D eigenvalue weighted by Crippen LogP contribution is 2.37. The second-order valence-corrected chi connectivity index (χ2v) is 4.91. The predicted molar refractivity (Wildman–Crippen MR) is 77.2 cm³/mol. The van der Waals surface area contributed by atoms with E-state index >= 15 is 0 Å². The number of nitro benzene ring substituents is 2. The van der Waals surface area contributed by atoms with Crippen molar-refractivity contribution in [2.45, 2.75) is 19.3 Å². The fourth-order valence-electron chi connectivity index (χ4n) is 2.56. The molecule has 0 N–H and O–H groups in total. The molecule has 0 saturated carbocycles. The highest BCUT2D eigenvalue weighted by molar-refractivity contribution is 5.99. The van der Waals surface area contributed by atoms with Gasteiger partial charge in [0.25, 0.3) is 11.4 Å². The van der Waals surface area contributed by atoms with Crippen molar-refractivity contribution >= 4 is 23.0 Å². The third-order valence-electron chi connectivity index (χ3n) is 3.56. The third kappa shape index (κ3) is 2.97. The van der Waals surface area contributed by atoms with Gasteiger partial charge in [-0.15, -0.1) is 0 Å². The van der Waals surface area contributed by atoms with E-state index in [0.29, 0.717) is 13.1 Å². The summed E-state index contributed by atoms with van der Waals surface area (Å²) in [5.74, 6) is -0.827. The first kappa shape index (κ1) is 15.7. The number of methoxy groups -OCH3 is 1. The first-order chi connectivity index (χ1) is 10.5. The Balaban J connectivity index is 2.67. The van der Waals surface area contributed by atoms with Crippen LogP contribution in [0.25, 0.3) is 0 Å². The van der Waals surface area contributed by atoms with Gasteiger partial charge in [0.2, 0.25) is 0 Å². The molecule has 0 radical (unpaired) electrons. The largest absolute Gasteiger partial charge is 0.465 e. The highest BCUT2D eigenvalue weighted by Gasteiger charge is 2.31. The summed E-state index contributed by atoms with van der Waals surface area (Å²) in [7, 11) is 1.13. The lowest BCUT2D eigenvalue weighted by Gasteiger charge is -2.29. The lowest BCUT2D eigenvalue weighted by molar-refractivity contribution is -0.393. The number of nitrogens with zero attached hydrogens (tertiary/aromatic N) is 3. The molecule has 1 aliphatic heterocycles. The SMILES string of the molecule is COC(=O)c1cc([N+](=O)[O-])cc([N+](=O)[O-])c1N1CCCCC1. The summed E-state index contributed by atoms with van der Waals surface area (Å²) >= 11 is 0. The monoisotopic (exact) mass is 309 g/mol. The summed E-state index contributed by atoms with van der Waals surface area (Å²) in [5.41, 5.74) is -1.00. The number of nitro groups is 2. The number of carbonyl (C=O) groups excluding carboxylic acids is 1. The lowest BCUT2D eigenvalue weighted by Crippen LogP contribution is -2.31. The molecule has 22 heavy (non-hydrogen) atoms. The van der Waals surface area contributed by atoms with Gasteiger partial charge in [0.15, 0.2) is 0 Å². The molecule has 0 spiro atoms. The third-order valence-corrected chi connectivity index (χ3v) is 3.56. The van der Waals surface area contributed by atoms with Crippen molar-refractivity contribution in [3.8, 4) is 0 Å². The summed E-state index contributed by atoms with van der Waals surface area (Å²) in [5, 5.41) is 22.3. The molecule has 9 nitrogen and oxygen atoms in total. The molecule has 118 valence electrons. The van der Waals surface area contributed by atoms with Gasteiger partial charge in [0.1, 0.15) is 5.69 Å². The first-order valence-electron chi connectivity index (χ1n) is 6.75. The number of anilines is 1. The van der Waals surface area contributed by atoms with Crippen LogP contribution in [0.5, 0.6) is 0 Å². The Kier molecular flexibility index (Phi) is 4.54. The molecule has 0 atom stereocenters. The predicted octanol–water partition coefficient (Wildman–Crippen LogP) is 2.28. The van der Waals surface area contributed by atoms with Crippen molar-refractivity contribution in [2.75, 3.05) is 25.1 Å². The molecule has 0 unspecified atom stereocenters. The Morgan fingerprint density at radius 2 is 1.77 bits per heavy atom. The van der Waals surface area contributed by atoms with Crippen LogP contribution in [0.15, 0.2) is 12.1 Å². The molecule has 0 aliphatic carbocycles. The topological polar surface area (TPSA) is 116 Å². The number of non-ortho nitro benzene ring substituents is 1. The number of hydrogen-bond donors (Lipinski definition) is 0. The molecule has 1 fully saturated rings. The maximum absolute atomic E-state index is 11.9. The molecule has 1 saturated heterocycles. The van der Waals surface area contributed by atoms with Crippen LogP contribution >= 0.6 is 0 Å². The van der Waals surface area contributed by atoms with Gasteiger partial charge in [0, 0.05) is 19.2 Å². The van der Waals surface area contributed by atoms with Gasteiger partial charge in [-0.3, -0.25) is 20.2 Å². The molecule has 1 aromatic rings. The summed E-state index contributed by atoms with van der Waals surface area (Å²) < 4.78 is 4.63. The smallest absolute Gasteiger partial charge is 0.340 e. The minimum atomic E-state index is -0.827. The Morgan fingerprint density at radius 3 is 2.27 bits per heavy atom. The fourth-order valence-corrected chi connectivity index (χ4v) is 2.56. The van der Waals surface area contributed by atoms with Crippen LogP contribution < -0.4 is 4.90 Å². The van der Waals surface area contributed by atoms with Gasteiger partial charge in [-0.2, -0.15) is 0 Å². The minimum absolute atomic E-state index is 0.0992. The van der Waals surface area contributed by atoms with Crippen molar-refractivity contribution in [1.82, 2.24) is 0 Å². The van der Waals surface area contributed by atoms with E-state index in [9.17, 15) is 25.0 Å². The standard InChI is InChI=1S/C13H15N3O6/c1-22-13(17)10-7-9(15(18)19)8-11(16(20)21)12(10)14-5-3-2-4-6-14/h7-8H,2-6H2,1H3. The molecular weight excluding hydrogens is 294 g/mol. The first-order valence-corrected chi connectivity index (χ1v) is 6.75. The second kappa shape index (κ2) is 6.37. The fraction of sp³-hybridized carbons (Fsp3) is 0.462. The maximum Gasteiger partial charge on any atom is 0.340 e. The quantitative estimate of drug-likeness (QED) is 0.476. The summed E-state index contributed by atoms with van der Waals surface area (Å²) in [6.45, 7) is 1.12. The average molecular weight is 309 g/mol. The van der Waals surface area contributed by atoms with Gasteiger partial charge in [-0.25, -0.2) is 4.79 Å². The van der Waals surface area contributed by atoms with Gasteiger partial charge in [-0.1, -0.05) is 0 Å². The zero-order chi connectivity index (χ0) is 16.3. The summed E-state index contributed by atoms with van der Waals surface area (Å²) in [6, 6.07) is 1.92. The van der Waals surface area contributed by atoms with Crippen LogP contribution in [0, 0.1) is 20.2 Å². The molecule has 0 aromatic heterocycles. The maximum atomic E-state index is 11.9. The number of piperidine rings is 1. The van der Waals surface area contributed by atoms with Gasteiger partial charge < -0.3 is 9.64 Å². The minimum Gasteiger partial charge on any atom is -0.465 e. The average Bonchev–Trinajstić information content (AvgIpc) is 2.53. The van der Waals surface area contributed by atoms with E-state index in [-0.39, 0.29) is 11.3 Å². The van der Waals surface area contributed by atoms with Gasteiger partial charge in [-0.05, 0) is 19.3 Å². The summed E-state index contributed by atoms with van der Waals surface area (Å²) in [4.78, 5) is 34.4. The van der Waals surface area contributed by atoms with Crippen molar-refractivity contribution in [3.63, 3.8) is 0 Å². The summed E-state index contributed by atoms with van der Waals surface area (Å²) in [6.07, 6.45) is 2.69. The van der Waals surface area contributed by atoms with E-state index in [0.717, 1.165) is 38.5 Å². The molecule has 1 aromatic carbocycles. The van der Waals surface area contributed by atoms with Gasteiger partial charge in [0.05, 0.1) is 28.6 Å². The van der Waals surface area contributed by atoms with E-state index in [1.807, 2.05) is 0 Å². The zero-order valence-corrected chi connectivity index (χ0v) is 12.0. The lowest BCUT2D eigenvalue weighted by atomic mass is 10.0. The number of esters is 1. The van der Waals surface area contributed by atoms with Crippen LogP contribution in [-0.2, 0) is 4.74 Å². The second-order valence-electron chi connectivity index (χ2n) is 4.91. The van der Waals surface area contributed by atoms with Crippen molar-refractivity contribution in [3.05, 3.63) is 37.9 Å². The Morgan fingerprint density at radius 1 is 1.14 bits per heavy atom. The molecule has 0 bridgehead atoms. The number of carbonyl (C=O) groups is 1. The van der Waals surface area contributed by atoms with Crippen molar-refractivity contribution in [2.24, 2.45) is 0 Å². The molecule has 1 aliphatic rings. The Bertz CT molecular complexity index is 624. The van der Waals surface area contributed by atoms with Crippen molar-refractivity contribution in [1.29, 1.82) is 0 Å². The van der Waals surface area contributed by atoms with Gasteiger partial charge >= 0.3 is 5.97 Å². The molecule has 1 heterocycles. The molecule has 0 amide bonds. The van der Waals surface area contributed by atoms with Crippen LogP contribution in [0.2, 0.25) is 0 Å². The number of hydrogen-bond acceptors (Lipinski definition) is 7. The Hall–Kier alpha value is -2.71. The number of benzene rings is 1. The van der Waals surface area contributed by atoms with E-state index in [4.69, 9.17) is 0 Å². The number of ether oxygens (including phenoxy) is 1. The van der Waals surface area contributed by atoms with E-state index in [2.05, 4.69) is 4.74 Å². The molecule has 2 rings (SSSR count). The van der Waals surface area contributed by atoms with Crippen molar-refractivity contribution < 1.29 is 19.4 Å². The van der Waals surface area contributed by atoms with E-state index in [1.54, 1.807) is 4.90 Å².